The van der Waals surface area contributed by atoms with Gasteiger partial charge in [-0.3, -0.25) is 29.0 Å². The van der Waals surface area contributed by atoms with Gasteiger partial charge >= 0.3 is 0 Å². The lowest BCUT2D eigenvalue weighted by molar-refractivity contribution is -0.145. The molecule has 7 atom stereocenters. The molecular formula is C31H47N7O6. The molecule has 2 aliphatic carbocycles. The van der Waals surface area contributed by atoms with E-state index in [0.717, 1.165) is 32.1 Å². The van der Waals surface area contributed by atoms with Crippen molar-refractivity contribution in [2.75, 3.05) is 6.54 Å². The van der Waals surface area contributed by atoms with Gasteiger partial charge in [0.15, 0.2) is 6.10 Å². The Morgan fingerprint density at radius 2 is 1.75 bits per heavy atom. The number of fused-ring (bicyclic) bond motifs is 1. The van der Waals surface area contributed by atoms with E-state index >= 15 is 0 Å². The SMILES string of the molecule is CCC[C@H](NC(=O)[C@@H]1[C@H]2CCC[C@H]2CN1C(=O)[C@@H](NC(=O)[C@H](C)NC(=O)c1cnccn1)C(C)(C)C)C(O)C(=O)NC1CC1. The summed E-state index contributed by atoms with van der Waals surface area (Å²) in [6, 6.07) is -3.47. The normalized spacial score (nSPS) is 24.0. The minimum absolute atomic E-state index is 0.0554. The maximum absolute atomic E-state index is 14.2. The molecule has 1 aliphatic heterocycles. The minimum atomic E-state index is -1.40. The fourth-order valence-electron chi connectivity index (χ4n) is 6.29. The Hall–Kier alpha value is -3.61. The predicted molar refractivity (Wildman–Crippen MR) is 161 cm³/mol. The molecule has 5 amide bonds. The van der Waals surface area contributed by atoms with E-state index in [1.54, 1.807) is 4.90 Å². The van der Waals surface area contributed by atoms with E-state index in [-0.39, 0.29) is 29.5 Å². The van der Waals surface area contributed by atoms with Gasteiger partial charge in [0, 0.05) is 25.0 Å². The summed E-state index contributed by atoms with van der Waals surface area (Å²) in [5.41, 5.74) is -0.661. The number of aromatic nitrogens is 2. The third kappa shape index (κ3) is 7.91. The van der Waals surface area contributed by atoms with Crippen LogP contribution in [0.1, 0.15) is 90.1 Å². The van der Waals surface area contributed by atoms with Crippen molar-refractivity contribution in [1.82, 2.24) is 36.1 Å². The van der Waals surface area contributed by atoms with E-state index < -0.39 is 59.3 Å². The van der Waals surface area contributed by atoms with Gasteiger partial charge in [-0.1, -0.05) is 40.5 Å². The van der Waals surface area contributed by atoms with Crippen molar-refractivity contribution in [3.8, 4) is 0 Å². The number of carbonyl (C=O) groups is 5. The molecular weight excluding hydrogens is 566 g/mol. The van der Waals surface area contributed by atoms with Crippen molar-refractivity contribution in [3.63, 3.8) is 0 Å². The van der Waals surface area contributed by atoms with Crippen LogP contribution in [0.3, 0.4) is 0 Å². The van der Waals surface area contributed by atoms with Gasteiger partial charge in [0.25, 0.3) is 11.8 Å². The molecule has 2 saturated carbocycles. The number of rotatable bonds is 12. The average molecular weight is 614 g/mol. The maximum Gasteiger partial charge on any atom is 0.272 e. The first-order valence-corrected chi connectivity index (χ1v) is 15.8. The first-order chi connectivity index (χ1) is 20.8. The zero-order valence-corrected chi connectivity index (χ0v) is 26.3. The third-order valence-corrected chi connectivity index (χ3v) is 8.88. The van der Waals surface area contributed by atoms with E-state index in [1.165, 1.54) is 25.5 Å². The van der Waals surface area contributed by atoms with Crippen LogP contribution in [0.15, 0.2) is 18.6 Å². The van der Waals surface area contributed by atoms with Gasteiger partial charge in [-0.25, -0.2) is 4.98 Å². The molecule has 2 heterocycles. The van der Waals surface area contributed by atoms with Crippen LogP contribution in [0.2, 0.25) is 0 Å². The summed E-state index contributed by atoms with van der Waals surface area (Å²) in [7, 11) is 0. The van der Waals surface area contributed by atoms with Crippen LogP contribution in [0.25, 0.3) is 0 Å². The second-order valence-electron chi connectivity index (χ2n) is 13.5. The number of amides is 5. The molecule has 1 aromatic heterocycles. The van der Waals surface area contributed by atoms with Crippen molar-refractivity contribution < 1.29 is 29.1 Å². The number of carbonyl (C=O) groups excluding carboxylic acids is 5. The zero-order valence-electron chi connectivity index (χ0n) is 26.3. The van der Waals surface area contributed by atoms with Gasteiger partial charge < -0.3 is 31.3 Å². The van der Waals surface area contributed by atoms with Crippen LogP contribution in [-0.4, -0.2) is 92.4 Å². The maximum atomic E-state index is 14.2. The highest BCUT2D eigenvalue weighted by Crippen LogP contribution is 2.43. The number of nitrogens with zero attached hydrogens (tertiary/aromatic N) is 3. The standard InChI is InChI=1S/C31H47N7O6/c1-6-8-21(24(39)29(43)35-19-11-12-19)36-28(42)23-20-10-7-9-18(20)16-38(23)30(44)25(31(3,4)5)37-26(40)17(2)34-27(41)22-15-32-13-14-33-22/h13-15,17-21,23-25,39H,6-12,16H2,1-5H3,(H,34,41)(H,35,43)(H,36,42)(H,37,40)/t17-,18-,20-,21-,23-,24?,25+/m0/s1. The number of aliphatic hydroxyl groups excluding tert-OH is 1. The van der Waals surface area contributed by atoms with E-state index in [2.05, 4.69) is 31.2 Å². The smallest absolute Gasteiger partial charge is 0.272 e. The summed E-state index contributed by atoms with van der Waals surface area (Å²) in [5.74, 6) is -2.31. The molecule has 13 heteroatoms. The van der Waals surface area contributed by atoms with Crippen molar-refractivity contribution in [3.05, 3.63) is 24.3 Å². The van der Waals surface area contributed by atoms with Gasteiger partial charge in [0.1, 0.15) is 23.8 Å². The molecule has 13 nitrogen and oxygen atoms in total. The van der Waals surface area contributed by atoms with Crippen LogP contribution in [0, 0.1) is 17.3 Å². The first-order valence-electron chi connectivity index (χ1n) is 15.8. The van der Waals surface area contributed by atoms with Gasteiger partial charge in [-0.05, 0) is 56.3 Å². The second-order valence-corrected chi connectivity index (χ2v) is 13.5. The summed E-state index contributed by atoms with van der Waals surface area (Å²) >= 11 is 0. The Balaban J connectivity index is 1.49. The average Bonchev–Trinajstić information content (AvgIpc) is 3.54. The molecule has 4 rings (SSSR count). The number of hydrogen-bond donors (Lipinski definition) is 5. The van der Waals surface area contributed by atoms with Crippen LogP contribution >= 0.6 is 0 Å². The lowest BCUT2D eigenvalue weighted by atomic mass is 9.85. The lowest BCUT2D eigenvalue weighted by Crippen LogP contribution is -2.61. The summed E-state index contributed by atoms with van der Waals surface area (Å²) in [5, 5.41) is 22.0. The molecule has 242 valence electrons. The Morgan fingerprint density at radius 3 is 2.36 bits per heavy atom. The monoisotopic (exact) mass is 613 g/mol. The van der Waals surface area contributed by atoms with E-state index in [0.29, 0.717) is 19.4 Å². The van der Waals surface area contributed by atoms with Crippen molar-refractivity contribution in [2.45, 2.75) is 116 Å². The quantitative estimate of drug-likeness (QED) is 0.228. The molecule has 0 radical (unpaired) electrons. The summed E-state index contributed by atoms with van der Waals surface area (Å²) in [6.07, 6.45) is 8.13. The highest BCUT2D eigenvalue weighted by Gasteiger charge is 2.52. The van der Waals surface area contributed by atoms with Crippen LogP contribution in [0.4, 0.5) is 0 Å². The molecule has 0 bridgehead atoms. The van der Waals surface area contributed by atoms with Crippen molar-refractivity contribution in [1.29, 1.82) is 0 Å². The molecule has 1 unspecified atom stereocenters. The first kappa shape index (κ1) is 33.3. The minimum Gasteiger partial charge on any atom is -0.381 e. The van der Waals surface area contributed by atoms with Gasteiger partial charge in [0.05, 0.1) is 12.2 Å². The topological polar surface area (TPSA) is 183 Å². The summed E-state index contributed by atoms with van der Waals surface area (Å²) in [4.78, 5) is 76.0. The second kappa shape index (κ2) is 14.0. The van der Waals surface area contributed by atoms with Crippen LogP contribution in [-0.2, 0) is 19.2 Å². The molecule has 1 aromatic rings. The Morgan fingerprint density at radius 1 is 1.02 bits per heavy atom. The Bertz CT molecular complexity index is 1220. The summed E-state index contributed by atoms with van der Waals surface area (Å²) < 4.78 is 0. The highest BCUT2D eigenvalue weighted by molar-refractivity contribution is 5.98. The molecule has 3 aliphatic rings. The molecule has 1 saturated heterocycles. The number of likely N-dealkylation sites (tertiary alicyclic amines) is 1. The summed E-state index contributed by atoms with van der Waals surface area (Å²) in [6.45, 7) is 9.30. The number of aliphatic hydroxyl groups is 1. The number of hydrogen-bond acceptors (Lipinski definition) is 8. The molecule has 0 spiro atoms. The lowest BCUT2D eigenvalue weighted by Gasteiger charge is -2.37. The van der Waals surface area contributed by atoms with Crippen LogP contribution in [0.5, 0.6) is 0 Å². The molecule has 5 N–H and O–H groups in total. The van der Waals surface area contributed by atoms with Crippen molar-refractivity contribution in [2.24, 2.45) is 17.3 Å². The van der Waals surface area contributed by atoms with E-state index in [4.69, 9.17) is 0 Å². The van der Waals surface area contributed by atoms with Gasteiger partial charge in [0.2, 0.25) is 17.7 Å². The molecule has 44 heavy (non-hydrogen) atoms. The largest absolute Gasteiger partial charge is 0.381 e. The predicted octanol–water partition coefficient (Wildman–Crippen LogP) is 0.677. The van der Waals surface area contributed by atoms with Crippen molar-refractivity contribution >= 4 is 29.5 Å². The molecule has 3 fully saturated rings. The van der Waals surface area contributed by atoms with E-state index in [9.17, 15) is 29.1 Å². The van der Waals surface area contributed by atoms with E-state index in [1.807, 2.05) is 27.7 Å². The van der Waals surface area contributed by atoms with Crippen LogP contribution < -0.4 is 21.3 Å². The van der Waals surface area contributed by atoms with Gasteiger partial charge in [-0.15, -0.1) is 0 Å². The fraction of sp³-hybridized carbons (Fsp3) is 0.710. The molecule has 0 aromatic carbocycles. The Labute approximate surface area is 258 Å². The third-order valence-electron chi connectivity index (χ3n) is 8.88. The Kier molecular flexibility index (Phi) is 10.6. The van der Waals surface area contributed by atoms with Gasteiger partial charge in [-0.2, -0.15) is 0 Å². The fourth-order valence-corrected chi connectivity index (χ4v) is 6.29. The highest BCUT2D eigenvalue weighted by atomic mass is 16.3. The number of nitrogens with one attached hydrogen (secondary N) is 4. The zero-order chi connectivity index (χ0) is 32.2.